The Balaban J connectivity index is 1.43. The Bertz CT molecular complexity index is 980. The Labute approximate surface area is 186 Å². The summed E-state index contributed by atoms with van der Waals surface area (Å²) in [5.74, 6) is 0.209. The van der Waals surface area contributed by atoms with Crippen LogP contribution < -0.4 is 16.0 Å². The first-order valence-electron chi connectivity index (χ1n) is 10.8. The van der Waals surface area contributed by atoms with E-state index in [1.165, 1.54) is 25.3 Å². The first-order chi connectivity index (χ1) is 15.2. The number of cyclic esters (lactones) is 1. The first-order valence-corrected chi connectivity index (χ1v) is 10.8. The number of piperidine rings is 1. The van der Waals surface area contributed by atoms with E-state index in [1.54, 1.807) is 0 Å². The van der Waals surface area contributed by atoms with Gasteiger partial charge in [-0.2, -0.15) is 4.98 Å². The van der Waals surface area contributed by atoms with Crippen LogP contribution in [0.4, 0.5) is 21.0 Å². The van der Waals surface area contributed by atoms with Crippen molar-refractivity contribution in [2.75, 3.05) is 29.9 Å². The molecule has 2 aliphatic rings. The summed E-state index contributed by atoms with van der Waals surface area (Å²) in [6.07, 6.45) is 2.67. The smallest absolute Gasteiger partial charge is 0.418 e. The minimum Gasteiger partial charge on any atom is -0.444 e. The zero-order valence-corrected chi connectivity index (χ0v) is 18.3. The molecule has 4 N–H and O–H groups in total. The fourth-order valence-corrected chi connectivity index (χ4v) is 4.00. The van der Waals surface area contributed by atoms with Gasteiger partial charge in [0, 0.05) is 24.3 Å². The molecule has 2 aromatic rings. The maximum absolute atomic E-state index is 14.8. The van der Waals surface area contributed by atoms with Crippen molar-refractivity contribution < 1.29 is 19.0 Å². The van der Waals surface area contributed by atoms with Crippen molar-refractivity contribution in [2.45, 2.75) is 51.0 Å². The van der Waals surface area contributed by atoms with Crippen molar-refractivity contribution >= 4 is 17.9 Å². The third-order valence-electron chi connectivity index (χ3n) is 5.95. The van der Waals surface area contributed by atoms with E-state index < -0.39 is 11.8 Å². The fraction of sp³-hybridized carbons (Fsp3) is 0.500. The van der Waals surface area contributed by atoms with Gasteiger partial charge >= 0.3 is 6.09 Å². The van der Waals surface area contributed by atoms with Gasteiger partial charge in [0.25, 0.3) is 0 Å². The summed E-state index contributed by atoms with van der Waals surface area (Å²) < 4.78 is 19.7. The molecule has 1 aromatic carbocycles. The van der Waals surface area contributed by atoms with Gasteiger partial charge in [0.05, 0.1) is 6.04 Å². The molecule has 0 saturated carbocycles. The molecule has 1 amide bonds. The van der Waals surface area contributed by atoms with E-state index in [4.69, 9.17) is 10.5 Å². The normalized spacial score (nSPS) is 23.3. The average Bonchev–Trinajstić information content (AvgIpc) is 3.03. The van der Waals surface area contributed by atoms with Crippen LogP contribution in [0.1, 0.15) is 43.9 Å². The molecule has 1 aromatic heterocycles. The second-order valence-corrected chi connectivity index (χ2v) is 8.68. The standard InChI is InChI=1S/C22H29FN6O3/c1-14(15-3-4-16(18(23)11-15)12-28-9-6-17(24)7-10-28)26-20-25-8-5-19(27-20)29-21(30)32-13-22(29,2)31/h3-5,8,11,14,17,31H,6-7,9-10,12-13,24H2,1-2H3,(H,25,26,27)/t14-,22-/m0/s1. The second-order valence-electron chi connectivity index (χ2n) is 8.68. The zero-order valence-electron chi connectivity index (χ0n) is 18.3. The molecular weight excluding hydrogens is 415 g/mol. The van der Waals surface area contributed by atoms with E-state index in [0.29, 0.717) is 12.1 Å². The van der Waals surface area contributed by atoms with Gasteiger partial charge in [-0.1, -0.05) is 12.1 Å². The number of nitrogens with zero attached hydrogens (tertiary/aromatic N) is 4. The molecular formula is C22H29FN6O3. The first kappa shape index (κ1) is 22.4. The summed E-state index contributed by atoms with van der Waals surface area (Å²) in [5.41, 5.74) is 5.85. The van der Waals surface area contributed by atoms with Gasteiger partial charge < -0.3 is 20.9 Å². The summed E-state index contributed by atoms with van der Waals surface area (Å²) in [6.45, 7) is 5.52. The monoisotopic (exact) mass is 444 g/mol. The summed E-state index contributed by atoms with van der Waals surface area (Å²) in [7, 11) is 0. The van der Waals surface area contributed by atoms with Crippen LogP contribution in [-0.2, 0) is 11.3 Å². The predicted octanol–water partition coefficient (Wildman–Crippen LogP) is 2.38. The quantitative estimate of drug-likeness (QED) is 0.622. The Hall–Kier alpha value is -2.82. The molecule has 0 radical (unpaired) electrons. The van der Waals surface area contributed by atoms with Crippen LogP contribution in [0, 0.1) is 5.82 Å². The Morgan fingerprint density at radius 1 is 1.38 bits per heavy atom. The molecule has 172 valence electrons. The molecule has 2 fully saturated rings. The van der Waals surface area contributed by atoms with Gasteiger partial charge in [-0.25, -0.2) is 19.1 Å². The Morgan fingerprint density at radius 2 is 2.12 bits per heavy atom. The van der Waals surface area contributed by atoms with E-state index in [-0.39, 0.29) is 36.3 Å². The van der Waals surface area contributed by atoms with Gasteiger partial charge in [0.15, 0.2) is 5.72 Å². The number of nitrogens with one attached hydrogen (secondary N) is 1. The van der Waals surface area contributed by atoms with Crippen molar-refractivity contribution in [2.24, 2.45) is 5.73 Å². The lowest BCUT2D eigenvalue weighted by molar-refractivity contribution is 0.0475. The van der Waals surface area contributed by atoms with Gasteiger partial charge in [-0.3, -0.25) is 4.90 Å². The minimum absolute atomic E-state index is 0.148. The molecule has 3 heterocycles. The van der Waals surface area contributed by atoms with Crippen LogP contribution in [0.2, 0.25) is 0 Å². The SMILES string of the molecule is C[C@H](Nc1nccc(N2C(=O)OC[C@]2(C)O)n1)c1ccc(CN2CCC(N)CC2)c(F)c1. The van der Waals surface area contributed by atoms with E-state index in [2.05, 4.69) is 20.2 Å². The number of rotatable bonds is 6. The number of benzene rings is 1. The summed E-state index contributed by atoms with van der Waals surface area (Å²) in [5, 5.41) is 13.5. The number of ether oxygens (including phenoxy) is 1. The van der Waals surface area contributed by atoms with E-state index in [1.807, 2.05) is 19.1 Å². The van der Waals surface area contributed by atoms with Crippen molar-refractivity contribution in [1.82, 2.24) is 14.9 Å². The van der Waals surface area contributed by atoms with Crippen LogP contribution >= 0.6 is 0 Å². The van der Waals surface area contributed by atoms with E-state index in [0.717, 1.165) is 36.4 Å². The fourth-order valence-electron chi connectivity index (χ4n) is 4.00. The Kier molecular flexibility index (Phi) is 6.27. The molecule has 4 rings (SSSR count). The van der Waals surface area contributed by atoms with E-state index in [9.17, 15) is 14.3 Å². The molecule has 32 heavy (non-hydrogen) atoms. The van der Waals surface area contributed by atoms with Crippen LogP contribution in [0.15, 0.2) is 30.5 Å². The lowest BCUT2D eigenvalue weighted by Gasteiger charge is -2.30. The second kappa shape index (κ2) is 8.97. The number of carbonyl (C=O) groups is 1. The highest BCUT2D eigenvalue weighted by atomic mass is 19.1. The maximum atomic E-state index is 14.8. The number of anilines is 2. The summed E-state index contributed by atoms with van der Waals surface area (Å²) in [6, 6.07) is 6.69. The van der Waals surface area contributed by atoms with Gasteiger partial charge in [0.2, 0.25) is 5.95 Å². The molecule has 2 atom stereocenters. The van der Waals surface area contributed by atoms with Crippen LogP contribution in [0.3, 0.4) is 0 Å². The molecule has 0 aliphatic carbocycles. The molecule has 0 bridgehead atoms. The number of hydrogen-bond donors (Lipinski definition) is 3. The highest BCUT2D eigenvalue weighted by molar-refractivity contribution is 5.89. The van der Waals surface area contributed by atoms with Crippen molar-refractivity contribution in [3.63, 3.8) is 0 Å². The third-order valence-corrected chi connectivity index (χ3v) is 5.95. The maximum Gasteiger partial charge on any atom is 0.418 e. The van der Waals surface area contributed by atoms with Crippen molar-refractivity contribution in [1.29, 1.82) is 0 Å². The summed E-state index contributed by atoms with van der Waals surface area (Å²) >= 11 is 0. The topological polar surface area (TPSA) is 117 Å². The lowest BCUT2D eigenvalue weighted by Crippen LogP contribution is -2.45. The van der Waals surface area contributed by atoms with Gasteiger partial charge in [-0.05, 0) is 57.5 Å². The molecule has 2 aliphatic heterocycles. The average molecular weight is 445 g/mol. The number of aromatic nitrogens is 2. The summed E-state index contributed by atoms with van der Waals surface area (Å²) in [4.78, 5) is 23.8. The van der Waals surface area contributed by atoms with Crippen LogP contribution in [0.25, 0.3) is 0 Å². The number of amides is 1. The highest BCUT2D eigenvalue weighted by Gasteiger charge is 2.44. The number of likely N-dealkylation sites (tertiary alicyclic amines) is 1. The predicted molar refractivity (Wildman–Crippen MR) is 117 cm³/mol. The van der Waals surface area contributed by atoms with Gasteiger partial charge in [-0.15, -0.1) is 0 Å². The number of halogens is 1. The van der Waals surface area contributed by atoms with Crippen molar-refractivity contribution in [3.05, 3.63) is 47.4 Å². The molecule has 10 heteroatoms. The highest BCUT2D eigenvalue weighted by Crippen LogP contribution is 2.28. The number of carbonyl (C=O) groups excluding carboxylic acids is 1. The minimum atomic E-state index is -1.49. The lowest BCUT2D eigenvalue weighted by atomic mass is 10.0. The van der Waals surface area contributed by atoms with Crippen LogP contribution in [-0.4, -0.2) is 57.5 Å². The number of aliphatic hydroxyl groups is 1. The molecule has 2 saturated heterocycles. The molecule has 0 unspecified atom stereocenters. The third kappa shape index (κ3) is 4.82. The largest absolute Gasteiger partial charge is 0.444 e. The van der Waals surface area contributed by atoms with Crippen LogP contribution in [0.5, 0.6) is 0 Å². The zero-order chi connectivity index (χ0) is 22.9. The Morgan fingerprint density at radius 3 is 2.78 bits per heavy atom. The molecule has 0 spiro atoms. The van der Waals surface area contributed by atoms with Gasteiger partial charge in [0.1, 0.15) is 18.2 Å². The molecule has 9 nitrogen and oxygen atoms in total. The number of hydrogen-bond acceptors (Lipinski definition) is 8. The number of nitrogens with two attached hydrogens (primary N) is 1. The van der Waals surface area contributed by atoms with Crippen molar-refractivity contribution in [3.8, 4) is 0 Å². The van der Waals surface area contributed by atoms with E-state index >= 15 is 0 Å².